The molecule has 1 fully saturated rings. The van der Waals surface area contributed by atoms with E-state index in [-0.39, 0.29) is 23.6 Å². The van der Waals surface area contributed by atoms with Crippen LogP contribution in [-0.2, 0) is 22.7 Å². The van der Waals surface area contributed by atoms with Gasteiger partial charge in [0, 0.05) is 25.2 Å². The Morgan fingerprint density at radius 2 is 1.92 bits per heavy atom. The number of amides is 3. The maximum Gasteiger partial charge on any atom is 0.255 e. The molecule has 3 amide bonds. The van der Waals surface area contributed by atoms with E-state index in [2.05, 4.69) is 26.2 Å². The summed E-state index contributed by atoms with van der Waals surface area (Å²) in [4.78, 5) is 48.7. The smallest absolute Gasteiger partial charge is 0.255 e. The third kappa shape index (κ3) is 5.07. The largest absolute Gasteiger partial charge is 0.350 e. The summed E-state index contributed by atoms with van der Waals surface area (Å²) in [6.07, 6.45) is 1.39. The normalized spacial score (nSPS) is 17.8. The van der Waals surface area contributed by atoms with Crippen LogP contribution in [0.15, 0.2) is 58.6 Å². The number of thiazole rings is 1. The SMILES string of the molecule is CC(C)C(C(=O)N1CCCC1C(=O)NCc1ccc(-c2scnc2Br)cc1)N1Cc2ccccc2C1=O. The molecule has 0 bridgehead atoms. The first-order valence-corrected chi connectivity index (χ1v) is 14.2. The van der Waals surface area contributed by atoms with Gasteiger partial charge in [-0.05, 0) is 57.4 Å². The Morgan fingerprint density at radius 3 is 2.59 bits per heavy atom. The number of hydrogen-bond acceptors (Lipinski definition) is 5. The van der Waals surface area contributed by atoms with Gasteiger partial charge in [-0.25, -0.2) is 4.98 Å². The lowest BCUT2D eigenvalue weighted by molar-refractivity contribution is -0.143. The van der Waals surface area contributed by atoms with Gasteiger partial charge in [0.2, 0.25) is 11.8 Å². The van der Waals surface area contributed by atoms with E-state index in [0.29, 0.717) is 31.6 Å². The number of hydrogen-bond donors (Lipinski definition) is 1. The van der Waals surface area contributed by atoms with Gasteiger partial charge in [-0.2, -0.15) is 0 Å². The summed E-state index contributed by atoms with van der Waals surface area (Å²) in [5.41, 5.74) is 5.44. The van der Waals surface area contributed by atoms with E-state index >= 15 is 0 Å². The van der Waals surface area contributed by atoms with Crippen LogP contribution >= 0.6 is 27.3 Å². The molecule has 3 heterocycles. The zero-order valence-corrected chi connectivity index (χ0v) is 23.2. The van der Waals surface area contributed by atoms with Gasteiger partial charge in [-0.3, -0.25) is 14.4 Å². The molecule has 9 heteroatoms. The predicted octanol–water partition coefficient (Wildman–Crippen LogP) is 4.86. The Balaban J connectivity index is 1.25. The molecular weight excluding hydrogens is 552 g/mol. The lowest BCUT2D eigenvalue weighted by Gasteiger charge is -2.35. The van der Waals surface area contributed by atoms with Crippen LogP contribution in [0.5, 0.6) is 0 Å². The number of likely N-dealkylation sites (tertiary alicyclic amines) is 1. The minimum atomic E-state index is -0.605. The molecule has 2 aliphatic heterocycles. The number of halogens is 1. The monoisotopic (exact) mass is 580 g/mol. The number of benzene rings is 2. The predicted molar refractivity (Wildman–Crippen MR) is 147 cm³/mol. The zero-order valence-electron chi connectivity index (χ0n) is 20.8. The van der Waals surface area contributed by atoms with Gasteiger partial charge in [0.15, 0.2) is 0 Å². The molecule has 1 saturated heterocycles. The van der Waals surface area contributed by atoms with Gasteiger partial charge in [0.1, 0.15) is 16.7 Å². The Hall–Kier alpha value is -3.04. The van der Waals surface area contributed by atoms with Crippen molar-refractivity contribution in [2.45, 2.75) is 51.9 Å². The number of aromatic nitrogens is 1. The fraction of sp³-hybridized carbons (Fsp3) is 0.357. The Bertz CT molecular complexity index is 1320. The van der Waals surface area contributed by atoms with Crippen LogP contribution in [0.1, 0.15) is 48.2 Å². The van der Waals surface area contributed by atoms with E-state index in [1.165, 1.54) is 0 Å². The molecule has 2 unspecified atom stereocenters. The number of carbonyl (C=O) groups excluding carboxylic acids is 3. The summed E-state index contributed by atoms with van der Waals surface area (Å²) in [5.74, 6) is -0.490. The first kappa shape index (κ1) is 25.6. The van der Waals surface area contributed by atoms with Gasteiger partial charge in [-0.15, -0.1) is 11.3 Å². The molecule has 7 nitrogen and oxygen atoms in total. The van der Waals surface area contributed by atoms with Crippen molar-refractivity contribution in [3.05, 3.63) is 75.3 Å². The first-order valence-electron chi connectivity index (χ1n) is 12.5. The highest BCUT2D eigenvalue weighted by molar-refractivity contribution is 9.10. The molecule has 0 aliphatic carbocycles. The van der Waals surface area contributed by atoms with Crippen molar-refractivity contribution in [1.82, 2.24) is 20.1 Å². The standard InChI is InChI=1S/C28H29BrN4O3S/c1-17(2)23(33-15-20-6-3-4-7-21(20)27(33)35)28(36)32-13-5-8-22(32)26(34)30-14-18-9-11-19(12-10-18)24-25(29)31-16-37-24/h3-4,6-7,9-12,16-17,22-23H,5,8,13-15H2,1-2H3,(H,30,34). The summed E-state index contributed by atoms with van der Waals surface area (Å²) in [7, 11) is 0. The van der Waals surface area contributed by atoms with Crippen molar-refractivity contribution in [2.75, 3.05) is 6.54 Å². The van der Waals surface area contributed by atoms with Gasteiger partial charge < -0.3 is 15.1 Å². The van der Waals surface area contributed by atoms with Gasteiger partial charge in [0.25, 0.3) is 5.91 Å². The summed E-state index contributed by atoms with van der Waals surface area (Å²) in [5, 5.41) is 3.02. The second kappa shape index (κ2) is 10.8. The average molecular weight is 582 g/mol. The number of nitrogens with one attached hydrogen (secondary N) is 1. The Labute approximate surface area is 229 Å². The maximum absolute atomic E-state index is 13.8. The van der Waals surface area contributed by atoms with Gasteiger partial charge in [0.05, 0.1) is 10.4 Å². The Kier molecular flexibility index (Phi) is 7.44. The van der Waals surface area contributed by atoms with E-state index in [9.17, 15) is 14.4 Å². The van der Waals surface area contributed by atoms with Gasteiger partial charge >= 0.3 is 0 Å². The number of carbonyl (C=O) groups is 3. The molecule has 5 rings (SSSR count). The molecule has 2 aromatic carbocycles. The maximum atomic E-state index is 13.8. The lowest BCUT2D eigenvalue weighted by atomic mass is 10.0. The van der Waals surface area contributed by atoms with E-state index in [1.54, 1.807) is 26.6 Å². The lowest BCUT2D eigenvalue weighted by Crippen LogP contribution is -2.55. The molecule has 0 saturated carbocycles. The van der Waals surface area contributed by atoms with Crippen LogP contribution in [0.4, 0.5) is 0 Å². The van der Waals surface area contributed by atoms with E-state index in [0.717, 1.165) is 32.6 Å². The highest BCUT2D eigenvalue weighted by Gasteiger charge is 2.43. The number of rotatable bonds is 7. The second-order valence-electron chi connectivity index (χ2n) is 9.86. The summed E-state index contributed by atoms with van der Waals surface area (Å²) in [6.45, 7) is 5.24. The number of nitrogens with zero attached hydrogens (tertiary/aromatic N) is 3. The Morgan fingerprint density at radius 1 is 1.16 bits per heavy atom. The number of fused-ring (bicyclic) bond motifs is 1. The summed E-state index contributed by atoms with van der Waals surface area (Å²) >= 11 is 5.03. The van der Waals surface area contributed by atoms with Crippen LogP contribution < -0.4 is 5.32 Å². The molecule has 1 N–H and O–H groups in total. The van der Waals surface area contributed by atoms with Crippen molar-refractivity contribution in [3.8, 4) is 10.4 Å². The molecule has 0 radical (unpaired) electrons. The van der Waals surface area contributed by atoms with Crippen LogP contribution in [0.2, 0.25) is 0 Å². The molecular formula is C28H29BrN4O3S. The highest BCUT2D eigenvalue weighted by atomic mass is 79.9. The molecule has 2 atom stereocenters. The topological polar surface area (TPSA) is 82.6 Å². The van der Waals surface area contributed by atoms with Crippen molar-refractivity contribution in [1.29, 1.82) is 0 Å². The quantitative estimate of drug-likeness (QED) is 0.432. The van der Waals surface area contributed by atoms with Crippen LogP contribution in [0.3, 0.4) is 0 Å². The third-order valence-corrected chi connectivity index (χ3v) is 8.85. The average Bonchev–Trinajstić information content (AvgIpc) is 3.63. The second-order valence-corrected chi connectivity index (χ2v) is 11.5. The fourth-order valence-electron chi connectivity index (χ4n) is 5.25. The molecule has 37 heavy (non-hydrogen) atoms. The fourth-order valence-corrected chi connectivity index (χ4v) is 6.69. The highest BCUT2D eigenvalue weighted by Crippen LogP contribution is 2.32. The molecule has 0 spiro atoms. The van der Waals surface area contributed by atoms with Crippen molar-refractivity contribution >= 4 is 45.0 Å². The van der Waals surface area contributed by atoms with Gasteiger partial charge in [-0.1, -0.05) is 56.3 Å². The van der Waals surface area contributed by atoms with Crippen molar-refractivity contribution in [2.24, 2.45) is 5.92 Å². The summed E-state index contributed by atoms with van der Waals surface area (Å²) < 4.78 is 0.823. The van der Waals surface area contributed by atoms with Crippen molar-refractivity contribution in [3.63, 3.8) is 0 Å². The van der Waals surface area contributed by atoms with Crippen molar-refractivity contribution < 1.29 is 14.4 Å². The molecule has 192 valence electrons. The van der Waals surface area contributed by atoms with E-state index < -0.39 is 12.1 Å². The van der Waals surface area contributed by atoms with E-state index in [4.69, 9.17) is 0 Å². The van der Waals surface area contributed by atoms with Crippen LogP contribution in [0, 0.1) is 5.92 Å². The summed E-state index contributed by atoms with van der Waals surface area (Å²) in [6, 6.07) is 14.4. The zero-order chi connectivity index (χ0) is 26.1. The third-order valence-electron chi connectivity index (χ3n) is 7.11. The van der Waals surface area contributed by atoms with Crippen LogP contribution in [-0.4, -0.2) is 51.1 Å². The van der Waals surface area contributed by atoms with Crippen LogP contribution in [0.25, 0.3) is 10.4 Å². The van der Waals surface area contributed by atoms with E-state index in [1.807, 2.05) is 62.4 Å². The minimum absolute atomic E-state index is 0.0767. The first-order chi connectivity index (χ1) is 17.8. The minimum Gasteiger partial charge on any atom is -0.350 e. The molecule has 2 aliphatic rings. The molecule has 3 aromatic rings. The molecule has 1 aromatic heterocycles.